The highest BCUT2D eigenvalue weighted by Crippen LogP contribution is 2.27. The molecule has 2 heterocycles. The summed E-state index contributed by atoms with van der Waals surface area (Å²) >= 11 is 5.74. The third-order valence-corrected chi connectivity index (χ3v) is 2.41. The first-order chi connectivity index (χ1) is 6.18. The van der Waals surface area contributed by atoms with Gasteiger partial charge in [0, 0.05) is 13.1 Å². The minimum absolute atomic E-state index is 0.272. The van der Waals surface area contributed by atoms with Crippen molar-refractivity contribution in [2.45, 2.75) is 13.3 Å². The highest BCUT2D eigenvalue weighted by atomic mass is 35.5. The van der Waals surface area contributed by atoms with E-state index in [1.54, 1.807) is 0 Å². The number of nitrogen functional groups attached to an aromatic ring is 1. The van der Waals surface area contributed by atoms with Crippen LogP contribution >= 0.6 is 11.6 Å². The summed E-state index contributed by atoms with van der Waals surface area (Å²) in [5.41, 5.74) is 7.23. The average molecular weight is 199 g/mol. The Hall–Kier alpha value is -1.03. The summed E-state index contributed by atoms with van der Waals surface area (Å²) in [6.45, 7) is 3.86. The van der Waals surface area contributed by atoms with E-state index in [0.717, 1.165) is 24.6 Å². The standard InChI is InChI=1S/C8H11ClN4/c1-5-6(10)7(12-8(9)11-5)13-3-2-4-13/h2-4,10H2,1H3. The van der Waals surface area contributed by atoms with E-state index >= 15 is 0 Å². The Labute approximate surface area is 81.7 Å². The summed E-state index contributed by atoms with van der Waals surface area (Å²) < 4.78 is 0. The zero-order valence-corrected chi connectivity index (χ0v) is 8.17. The lowest BCUT2D eigenvalue weighted by atomic mass is 10.2. The van der Waals surface area contributed by atoms with Gasteiger partial charge in [0.2, 0.25) is 5.28 Å². The molecule has 0 bridgehead atoms. The number of aryl methyl sites for hydroxylation is 1. The predicted molar refractivity (Wildman–Crippen MR) is 53.0 cm³/mol. The molecular formula is C8H11ClN4. The number of rotatable bonds is 1. The molecule has 0 radical (unpaired) electrons. The van der Waals surface area contributed by atoms with Crippen molar-refractivity contribution in [3.63, 3.8) is 0 Å². The molecule has 13 heavy (non-hydrogen) atoms. The van der Waals surface area contributed by atoms with Gasteiger partial charge < -0.3 is 10.6 Å². The molecule has 1 aliphatic rings. The Kier molecular flexibility index (Phi) is 2.00. The Morgan fingerprint density at radius 1 is 1.38 bits per heavy atom. The molecule has 0 saturated carbocycles. The van der Waals surface area contributed by atoms with Crippen molar-refractivity contribution < 1.29 is 0 Å². The molecule has 0 aromatic carbocycles. The van der Waals surface area contributed by atoms with Crippen molar-refractivity contribution in [1.29, 1.82) is 0 Å². The maximum absolute atomic E-state index is 5.84. The van der Waals surface area contributed by atoms with Gasteiger partial charge in [-0.05, 0) is 24.9 Å². The number of halogens is 1. The van der Waals surface area contributed by atoms with Gasteiger partial charge in [-0.15, -0.1) is 0 Å². The van der Waals surface area contributed by atoms with Crippen molar-refractivity contribution in [3.8, 4) is 0 Å². The fraction of sp³-hybridized carbons (Fsp3) is 0.500. The van der Waals surface area contributed by atoms with E-state index in [1.807, 2.05) is 6.92 Å². The van der Waals surface area contributed by atoms with E-state index in [9.17, 15) is 0 Å². The predicted octanol–water partition coefficient (Wildman–Crippen LogP) is 1.23. The molecule has 2 N–H and O–H groups in total. The first-order valence-electron chi connectivity index (χ1n) is 4.23. The second-order valence-corrected chi connectivity index (χ2v) is 3.49. The molecule has 0 unspecified atom stereocenters. The minimum atomic E-state index is 0.272. The van der Waals surface area contributed by atoms with E-state index in [1.165, 1.54) is 6.42 Å². The first kappa shape index (κ1) is 8.56. The van der Waals surface area contributed by atoms with Crippen LogP contribution in [0.5, 0.6) is 0 Å². The molecule has 1 saturated heterocycles. The third kappa shape index (κ3) is 1.42. The van der Waals surface area contributed by atoms with Crippen LogP contribution in [-0.2, 0) is 0 Å². The third-order valence-electron chi connectivity index (χ3n) is 2.24. The van der Waals surface area contributed by atoms with Crippen LogP contribution in [0.15, 0.2) is 0 Å². The van der Waals surface area contributed by atoms with Crippen molar-refractivity contribution in [1.82, 2.24) is 9.97 Å². The van der Waals surface area contributed by atoms with Gasteiger partial charge in [-0.25, -0.2) is 4.98 Å². The molecule has 4 nitrogen and oxygen atoms in total. The van der Waals surface area contributed by atoms with E-state index in [4.69, 9.17) is 17.3 Å². The molecule has 2 rings (SSSR count). The number of nitrogens with two attached hydrogens (primary N) is 1. The zero-order valence-electron chi connectivity index (χ0n) is 7.42. The van der Waals surface area contributed by atoms with E-state index in [-0.39, 0.29) is 5.28 Å². The average Bonchev–Trinajstić information content (AvgIpc) is 1.95. The topological polar surface area (TPSA) is 55.0 Å². The smallest absolute Gasteiger partial charge is 0.224 e. The van der Waals surface area contributed by atoms with Crippen molar-refractivity contribution in [2.24, 2.45) is 0 Å². The molecular weight excluding hydrogens is 188 g/mol. The second-order valence-electron chi connectivity index (χ2n) is 3.16. The zero-order chi connectivity index (χ0) is 9.42. The van der Waals surface area contributed by atoms with E-state index in [0.29, 0.717) is 5.69 Å². The molecule has 1 aromatic heterocycles. The largest absolute Gasteiger partial charge is 0.394 e. The van der Waals surface area contributed by atoms with Crippen LogP contribution in [0.25, 0.3) is 0 Å². The van der Waals surface area contributed by atoms with Crippen molar-refractivity contribution >= 4 is 23.1 Å². The summed E-state index contributed by atoms with van der Waals surface area (Å²) in [5.74, 6) is 0.781. The molecule has 1 fully saturated rings. The van der Waals surface area contributed by atoms with Gasteiger partial charge in [0.15, 0.2) is 5.82 Å². The Morgan fingerprint density at radius 2 is 2.08 bits per heavy atom. The number of hydrogen-bond donors (Lipinski definition) is 1. The lowest BCUT2D eigenvalue weighted by molar-refractivity contribution is 0.609. The Morgan fingerprint density at radius 3 is 2.62 bits per heavy atom. The molecule has 0 spiro atoms. The van der Waals surface area contributed by atoms with Crippen LogP contribution < -0.4 is 10.6 Å². The molecule has 1 aliphatic heterocycles. The van der Waals surface area contributed by atoms with Crippen LogP contribution in [0.2, 0.25) is 5.28 Å². The lowest BCUT2D eigenvalue weighted by Crippen LogP contribution is -2.38. The quantitative estimate of drug-likeness (QED) is 0.690. The van der Waals surface area contributed by atoms with Gasteiger partial charge >= 0.3 is 0 Å². The van der Waals surface area contributed by atoms with E-state index < -0.39 is 0 Å². The van der Waals surface area contributed by atoms with Gasteiger partial charge in [0.25, 0.3) is 0 Å². The molecule has 1 aromatic rings. The maximum Gasteiger partial charge on any atom is 0.224 e. The van der Waals surface area contributed by atoms with Gasteiger partial charge in [-0.2, -0.15) is 4.98 Å². The summed E-state index contributed by atoms with van der Waals surface area (Å²) in [6.07, 6.45) is 1.19. The fourth-order valence-corrected chi connectivity index (χ4v) is 1.51. The molecule has 5 heteroatoms. The van der Waals surface area contributed by atoms with Crippen LogP contribution in [0.4, 0.5) is 11.5 Å². The van der Waals surface area contributed by atoms with Gasteiger partial charge in [-0.1, -0.05) is 0 Å². The number of nitrogens with zero attached hydrogens (tertiary/aromatic N) is 3. The number of hydrogen-bond acceptors (Lipinski definition) is 4. The Balaban J connectivity index is 2.42. The van der Waals surface area contributed by atoms with Crippen LogP contribution in [0.1, 0.15) is 12.1 Å². The highest BCUT2D eigenvalue weighted by molar-refractivity contribution is 6.28. The summed E-state index contributed by atoms with van der Waals surface area (Å²) in [7, 11) is 0. The SMILES string of the molecule is Cc1nc(Cl)nc(N2CCC2)c1N. The van der Waals surface area contributed by atoms with Crippen LogP contribution in [-0.4, -0.2) is 23.1 Å². The maximum atomic E-state index is 5.84. The summed E-state index contributed by atoms with van der Waals surface area (Å²) in [6, 6.07) is 0. The number of aromatic nitrogens is 2. The summed E-state index contributed by atoms with van der Waals surface area (Å²) in [4.78, 5) is 10.2. The highest BCUT2D eigenvalue weighted by Gasteiger charge is 2.20. The fourth-order valence-electron chi connectivity index (χ4n) is 1.30. The van der Waals surface area contributed by atoms with Crippen molar-refractivity contribution in [3.05, 3.63) is 11.0 Å². The van der Waals surface area contributed by atoms with Gasteiger partial charge in [-0.3, -0.25) is 0 Å². The lowest BCUT2D eigenvalue weighted by Gasteiger charge is -2.32. The second kappa shape index (κ2) is 3.03. The summed E-state index contributed by atoms with van der Waals surface area (Å²) in [5, 5.41) is 0.272. The van der Waals surface area contributed by atoms with Gasteiger partial charge in [0.05, 0.1) is 11.4 Å². The minimum Gasteiger partial charge on any atom is -0.394 e. The number of anilines is 2. The normalized spacial score (nSPS) is 15.7. The van der Waals surface area contributed by atoms with Crippen LogP contribution in [0, 0.1) is 6.92 Å². The van der Waals surface area contributed by atoms with Gasteiger partial charge in [0.1, 0.15) is 0 Å². The molecule has 0 amide bonds. The Bertz CT molecular complexity index is 335. The molecule has 0 atom stereocenters. The van der Waals surface area contributed by atoms with E-state index in [2.05, 4.69) is 14.9 Å². The molecule has 70 valence electrons. The monoisotopic (exact) mass is 198 g/mol. The van der Waals surface area contributed by atoms with Crippen molar-refractivity contribution in [2.75, 3.05) is 23.7 Å². The first-order valence-corrected chi connectivity index (χ1v) is 4.61. The van der Waals surface area contributed by atoms with Crippen LogP contribution in [0.3, 0.4) is 0 Å². The molecule has 0 aliphatic carbocycles.